The largest absolute Gasteiger partial charge is 0.508 e. The Kier molecular flexibility index (Phi) is 15.2. The Hall–Kier alpha value is -8.60. The molecule has 0 radical (unpaired) electrons. The van der Waals surface area contributed by atoms with E-state index in [4.69, 9.17) is 0 Å². The van der Waals surface area contributed by atoms with Crippen LogP contribution in [0.2, 0.25) is 0 Å². The molecule has 0 fully saturated rings. The summed E-state index contributed by atoms with van der Waals surface area (Å²) in [6, 6.07) is 75.8. The molecule has 11 aromatic carbocycles. The molecule has 4 nitrogen and oxygen atoms in total. The summed E-state index contributed by atoms with van der Waals surface area (Å²) in [4.78, 5) is 0. The number of aromatic hydroxyl groups is 4. The maximum Gasteiger partial charge on any atom is 0.122 e. The second-order valence-electron chi connectivity index (χ2n) is 25.0. The molecule has 0 saturated carbocycles. The third-order valence-electron chi connectivity index (χ3n) is 18.4. The summed E-state index contributed by atoms with van der Waals surface area (Å²) in [5.74, 6) is 1.34. The van der Waals surface area contributed by atoms with E-state index in [9.17, 15) is 20.4 Å². The zero-order valence-electron chi connectivity index (χ0n) is 49.7. The van der Waals surface area contributed by atoms with E-state index in [1.807, 2.05) is 38.1 Å². The lowest BCUT2D eigenvalue weighted by Crippen LogP contribution is -2.22. The van der Waals surface area contributed by atoms with Gasteiger partial charge in [-0.1, -0.05) is 257 Å². The van der Waals surface area contributed by atoms with Gasteiger partial charge in [0.25, 0.3) is 0 Å². The fourth-order valence-corrected chi connectivity index (χ4v) is 12.5. The topological polar surface area (TPSA) is 80.9 Å². The third-order valence-corrected chi connectivity index (χ3v) is 18.4. The van der Waals surface area contributed by atoms with Gasteiger partial charge in [0, 0.05) is 44.6 Å². The molecule has 0 heterocycles. The minimum atomic E-state index is -0.283. The number of phenols is 4. The Bertz CT molecular complexity index is 4050. The van der Waals surface area contributed by atoms with Crippen LogP contribution in [-0.2, 0) is 21.7 Å². The molecule has 4 heteroatoms. The second kappa shape index (κ2) is 22.0. The van der Waals surface area contributed by atoms with Gasteiger partial charge in [-0.25, -0.2) is 0 Å². The highest BCUT2D eigenvalue weighted by Gasteiger charge is 2.31. The summed E-state index contributed by atoms with van der Waals surface area (Å²) in [5.41, 5.74) is 14.8. The Morgan fingerprint density at radius 1 is 0.280 bits per heavy atom. The number of hydrogen-bond acceptors (Lipinski definition) is 4. The van der Waals surface area contributed by atoms with Gasteiger partial charge in [0.05, 0.1) is 0 Å². The van der Waals surface area contributed by atoms with Crippen molar-refractivity contribution < 1.29 is 20.4 Å². The summed E-state index contributed by atoms with van der Waals surface area (Å²) in [6.45, 7) is 26.3. The molecule has 0 spiro atoms. The molecule has 0 aliphatic carbocycles. The van der Waals surface area contributed by atoms with Crippen LogP contribution in [0.3, 0.4) is 0 Å². The van der Waals surface area contributed by atoms with Gasteiger partial charge in [0.15, 0.2) is 0 Å². The molecule has 2 atom stereocenters. The van der Waals surface area contributed by atoms with E-state index in [0.717, 1.165) is 33.4 Å². The number of fused-ring (bicyclic) bond motifs is 3. The van der Waals surface area contributed by atoms with Crippen LogP contribution in [0.15, 0.2) is 218 Å². The molecule has 11 aromatic rings. The van der Waals surface area contributed by atoms with Gasteiger partial charge in [-0.3, -0.25) is 0 Å². The van der Waals surface area contributed by atoms with Crippen LogP contribution < -0.4 is 0 Å². The molecule has 0 aromatic heterocycles. The fraction of sp³-hybridized carbons (Fsp3) is 0.231. The molecule has 11 rings (SSSR count). The first-order chi connectivity index (χ1) is 39.0. The highest BCUT2D eigenvalue weighted by Crippen LogP contribution is 2.46. The van der Waals surface area contributed by atoms with Crippen molar-refractivity contribution >= 4 is 32.3 Å². The first kappa shape index (κ1) is 56.7. The Labute approximate surface area is 486 Å². The van der Waals surface area contributed by atoms with E-state index < -0.39 is 0 Å². The van der Waals surface area contributed by atoms with Gasteiger partial charge >= 0.3 is 0 Å². The Morgan fingerprint density at radius 2 is 0.585 bits per heavy atom. The summed E-state index contributed by atoms with van der Waals surface area (Å²) in [5, 5.41) is 49.5. The molecule has 82 heavy (non-hydrogen) atoms. The van der Waals surface area contributed by atoms with Crippen molar-refractivity contribution in [3.8, 4) is 23.0 Å². The maximum atomic E-state index is 11.5. The van der Waals surface area contributed by atoms with E-state index in [1.54, 1.807) is 24.3 Å². The predicted molar refractivity (Wildman–Crippen MR) is 344 cm³/mol. The van der Waals surface area contributed by atoms with Crippen molar-refractivity contribution in [2.75, 3.05) is 0 Å². The van der Waals surface area contributed by atoms with Gasteiger partial charge in [-0.2, -0.15) is 0 Å². The standard InChI is InChI=1S/C41H40O2.C37H38O2/c1-26-23-33(41(5,6)31-17-15-30(16-18-31)40(3,4)32-19-21-34(42)22-20-32)25-37(39(26)43)27(2)38-35-13-9-7-11-28(35)24-29-12-8-10-14-36(29)38;1-24-22-30(23-34(35(24)39)25(2)32-13-9-11-26-10-7-8-12-33(26)32)37(5,6)28-16-14-27(15-17-28)36(3,4)29-18-20-31(38)21-19-29/h7-25,27,42-43H,1-6H3;7-23,25,38-39H,1-6H3. The summed E-state index contributed by atoms with van der Waals surface area (Å²) < 4.78 is 0. The van der Waals surface area contributed by atoms with Crippen LogP contribution in [0.4, 0.5) is 0 Å². The van der Waals surface area contributed by atoms with Gasteiger partial charge < -0.3 is 20.4 Å². The zero-order chi connectivity index (χ0) is 58.5. The van der Waals surface area contributed by atoms with E-state index >= 15 is 0 Å². The smallest absolute Gasteiger partial charge is 0.122 e. The highest BCUT2D eigenvalue weighted by atomic mass is 16.3. The summed E-state index contributed by atoms with van der Waals surface area (Å²) in [6.07, 6.45) is 0. The molecule has 0 aliphatic rings. The average Bonchev–Trinajstić information content (AvgIpc) is 3.61. The van der Waals surface area contributed by atoms with Crippen LogP contribution in [0.5, 0.6) is 23.0 Å². The molecular weight excluding hydrogens is 1000 g/mol. The zero-order valence-corrected chi connectivity index (χ0v) is 49.7. The number of phenolic OH excluding ortho intramolecular Hbond substituents is 4. The van der Waals surface area contributed by atoms with Crippen molar-refractivity contribution in [1.82, 2.24) is 0 Å². The van der Waals surface area contributed by atoms with Gasteiger partial charge in [0.2, 0.25) is 0 Å². The average molecular weight is 1080 g/mol. The quantitative estimate of drug-likeness (QED) is 0.0919. The molecule has 0 aliphatic heterocycles. The molecule has 0 amide bonds. The summed E-state index contributed by atoms with van der Waals surface area (Å²) in [7, 11) is 0. The van der Waals surface area contributed by atoms with E-state index in [1.165, 1.54) is 76.8 Å². The number of benzene rings is 11. The SMILES string of the molecule is Cc1cc(C(C)(C)c2ccc(C(C)(C)c3ccc(O)cc3)cc2)cc(C(C)c2c3ccccc3cc3ccccc23)c1O.Cc1cc(C(C)(C)c2ccc(C(C)(C)c3ccc(O)cc3)cc2)cc(C(C)c2cccc3ccccc23)c1O. The lowest BCUT2D eigenvalue weighted by atomic mass is 9.73. The van der Waals surface area contributed by atoms with Crippen molar-refractivity contribution in [2.24, 2.45) is 0 Å². The predicted octanol–water partition coefficient (Wildman–Crippen LogP) is 19.9. The molecule has 4 N–H and O–H groups in total. The lowest BCUT2D eigenvalue weighted by molar-refractivity contribution is 0.460. The van der Waals surface area contributed by atoms with Crippen molar-refractivity contribution in [3.05, 3.63) is 296 Å². The van der Waals surface area contributed by atoms with E-state index in [2.05, 4.69) is 239 Å². The van der Waals surface area contributed by atoms with Gasteiger partial charge in [-0.15, -0.1) is 0 Å². The number of aryl methyl sites for hydroxylation is 2. The van der Waals surface area contributed by atoms with Crippen LogP contribution in [-0.4, -0.2) is 20.4 Å². The second-order valence-corrected chi connectivity index (χ2v) is 25.0. The third kappa shape index (κ3) is 10.6. The van der Waals surface area contributed by atoms with Crippen LogP contribution in [0, 0.1) is 13.8 Å². The molecular formula is C78H78O4. The fourth-order valence-electron chi connectivity index (χ4n) is 12.5. The minimum absolute atomic E-state index is 0.0149. The normalized spacial score (nSPS) is 13.0. The van der Waals surface area contributed by atoms with Crippen LogP contribution >= 0.6 is 0 Å². The Balaban J connectivity index is 0.000000185. The first-order valence-electron chi connectivity index (χ1n) is 28.9. The maximum absolute atomic E-state index is 11.5. The van der Waals surface area contributed by atoms with Crippen molar-refractivity contribution in [3.63, 3.8) is 0 Å². The minimum Gasteiger partial charge on any atom is -0.508 e. The van der Waals surface area contributed by atoms with E-state index in [-0.39, 0.29) is 45.0 Å². The van der Waals surface area contributed by atoms with Gasteiger partial charge in [-0.05, 0) is 143 Å². The number of hydrogen-bond donors (Lipinski definition) is 4. The lowest BCUT2D eigenvalue weighted by Gasteiger charge is -2.31. The highest BCUT2D eigenvalue weighted by molar-refractivity contribution is 6.03. The molecule has 0 saturated heterocycles. The van der Waals surface area contributed by atoms with Crippen molar-refractivity contribution in [1.29, 1.82) is 0 Å². The Morgan fingerprint density at radius 3 is 0.976 bits per heavy atom. The first-order valence-corrected chi connectivity index (χ1v) is 28.9. The van der Waals surface area contributed by atoms with Gasteiger partial charge in [0.1, 0.15) is 23.0 Å². The van der Waals surface area contributed by atoms with Crippen LogP contribution in [0.25, 0.3) is 32.3 Å². The van der Waals surface area contributed by atoms with E-state index in [0.29, 0.717) is 11.5 Å². The molecule has 414 valence electrons. The number of rotatable bonds is 12. The summed E-state index contributed by atoms with van der Waals surface area (Å²) >= 11 is 0. The molecule has 2 unspecified atom stereocenters. The molecule has 0 bridgehead atoms. The monoisotopic (exact) mass is 1080 g/mol. The van der Waals surface area contributed by atoms with Crippen molar-refractivity contribution in [2.45, 2.75) is 117 Å². The van der Waals surface area contributed by atoms with Crippen LogP contribution in [0.1, 0.15) is 159 Å².